The summed E-state index contributed by atoms with van der Waals surface area (Å²) in [5, 5.41) is 8.88. The highest BCUT2D eigenvalue weighted by Crippen LogP contribution is 2.16. The first kappa shape index (κ1) is 12.4. The van der Waals surface area contributed by atoms with Gasteiger partial charge in [-0.05, 0) is 25.0 Å². The summed E-state index contributed by atoms with van der Waals surface area (Å²) in [5.41, 5.74) is 9.07. The van der Waals surface area contributed by atoms with Crippen molar-refractivity contribution < 1.29 is 5.11 Å². The van der Waals surface area contributed by atoms with Crippen LogP contribution in [0.3, 0.4) is 0 Å². The molecule has 0 aliphatic heterocycles. The highest BCUT2D eigenvalue weighted by molar-refractivity contribution is 5.85. The van der Waals surface area contributed by atoms with E-state index in [1.54, 1.807) is 0 Å². The van der Waals surface area contributed by atoms with Crippen LogP contribution in [-0.4, -0.2) is 11.7 Å². The minimum absolute atomic E-state index is 0. The van der Waals surface area contributed by atoms with Gasteiger partial charge in [0.2, 0.25) is 0 Å². The number of halogens is 1. The number of rotatable bonds is 2. The van der Waals surface area contributed by atoms with Crippen LogP contribution in [0.2, 0.25) is 0 Å². The molecule has 0 amide bonds. The fourth-order valence-electron chi connectivity index (χ4n) is 1.26. The second-order valence-electron chi connectivity index (χ2n) is 3.15. The summed E-state index contributed by atoms with van der Waals surface area (Å²) in [7, 11) is 0. The van der Waals surface area contributed by atoms with Crippen molar-refractivity contribution in [2.75, 3.05) is 6.61 Å². The van der Waals surface area contributed by atoms with Crippen LogP contribution in [0.5, 0.6) is 0 Å². The molecule has 0 aliphatic rings. The van der Waals surface area contributed by atoms with E-state index < -0.39 is 0 Å². The maximum Gasteiger partial charge on any atom is 0.0624 e. The Morgan fingerprint density at radius 1 is 1.38 bits per heavy atom. The summed E-state index contributed by atoms with van der Waals surface area (Å²) in [6.07, 6.45) is 0. The Labute approximate surface area is 85.2 Å². The fraction of sp³-hybridized carbons (Fsp3) is 0.400. The standard InChI is InChI=1S/C10H15NO.ClH/c1-7-3-4-8(2)9(5-7)10(11)6-12;/h3-5,10,12H,6,11H2,1-2H3;1H/t10-;/m0./s1. The average molecular weight is 202 g/mol. The average Bonchev–Trinajstić information content (AvgIpc) is 2.08. The number of hydrogen-bond acceptors (Lipinski definition) is 2. The van der Waals surface area contributed by atoms with Crippen LogP contribution in [0, 0.1) is 13.8 Å². The minimum atomic E-state index is -0.245. The SMILES string of the molecule is Cc1ccc(C)c([C@@H](N)CO)c1.Cl. The van der Waals surface area contributed by atoms with Gasteiger partial charge in [0.25, 0.3) is 0 Å². The summed E-state index contributed by atoms with van der Waals surface area (Å²) in [4.78, 5) is 0. The minimum Gasteiger partial charge on any atom is -0.394 e. The van der Waals surface area contributed by atoms with Gasteiger partial charge in [0, 0.05) is 0 Å². The van der Waals surface area contributed by atoms with Crippen molar-refractivity contribution in [1.82, 2.24) is 0 Å². The molecule has 0 aromatic heterocycles. The topological polar surface area (TPSA) is 46.2 Å². The molecule has 3 N–H and O–H groups in total. The van der Waals surface area contributed by atoms with Gasteiger partial charge in [0.1, 0.15) is 0 Å². The van der Waals surface area contributed by atoms with Crippen molar-refractivity contribution in [3.8, 4) is 0 Å². The van der Waals surface area contributed by atoms with Crippen molar-refractivity contribution in [3.05, 3.63) is 34.9 Å². The van der Waals surface area contributed by atoms with Crippen LogP contribution >= 0.6 is 12.4 Å². The molecule has 0 bridgehead atoms. The van der Waals surface area contributed by atoms with Crippen molar-refractivity contribution in [3.63, 3.8) is 0 Å². The lowest BCUT2D eigenvalue weighted by molar-refractivity contribution is 0.267. The predicted molar refractivity (Wildman–Crippen MR) is 57.2 cm³/mol. The van der Waals surface area contributed by atoms with E-state index in [9.17, 15) is 0 Å². The monoisotopic (exact) mass is 201 g/mol. The molecule has 0 saturated carbocycles. The first-order valence-corrected chi connectivity index (χ1v) is 4.08. The fourth-order valence-corrected chi connectivity index (χ4v) is 1.26. The van der Waals surface area contributed by atoms with Crippen molar-refractivity contribution in [2.24, 2.45) is 5.73 Å². The van der Waals surface area contributed by atoms with Crippen molar-refractivity contribution in [2.45, 2.75) is 19.9 Å². The van der Waals surface area contributed by atoms with Gasteiger partial charge in [0.15, 0.2) is 0 Å². The normalized spacial score (nSPS) is 12.0. The predicted octanol–water partition coefficient (Wildman–Crippen LogP) is 1.72. The molecule has 1 aromatic carbocycles. The number of aryl methyl sites for hydroxylation is 2. The van der Waals surface area contributed by atoms with E-state index in [2.05, 4.69) is 0 Å². The number of nitrogens with two attached hydrogens (primary N) is 1. The third-order valence-electron chi connectivity index (χ3n) is 2.03. The number of hydrogen-bond donors (Lipinski definition) is 2. The van der Waals surface area contributed by atoms with E-state index in [0.29, 0.717) is 0 Å². The third kappa shape index (κ3) is 2.99. The molecule has 0 unspecified atom stereocenters. The molecule has 1 atom stereocenters. The van der Waals surface area contributed by atoms with Gasteiger partial charge < -0.3 is 10.8 Å². The lowest BCUT2D eigenvalue weighted by Crippen LogP contribution is -2.15. The molecule has 0 heterocycles. The van der Waals surface area contributed by atoms with Gasteiger partial charge in [-0.15, -0.1) is 12.4 Å². The van der Waals surface area contributed by atoms with Crippen molar-refractivity contribution in [1.29, 1.82) is 0 Å². The highest BCUT2D eigenvalue weighted by atomic mass is 35.5. The zero-order valence-corrected chi connectivity index (χ0v) is 8.77. The van der Waals surface area contributed by atoms with E-state index in [-0.39, 0.29) is 25.1 Å². The van der Waals surface area contributed by atoms with E-state index in [1.807, 2.05) is 32.0 Å². The summed E-state index contributed by atoms with van der Waals surface area (Å²) < 4.78 is 0. The lowest BCUT2D eigenvalue weighted by Gasteiger charge is -2.12. The van der Waals surface area contributed by atoms with E-state index in [4.69, 9.17) is 10.8 Å². The molecule has 0 fully saturated rings. The summed E-state index contributed by atoms with van der Waals surface area (Å²) >= 11 is 0. The first-order valence-electron chi connectivity index (χ1n) is 4.08. The summed E-state index contributed by atoms with van der Waals surface area (Å²) in [6, 6.07) is 5.85. The maximum absolute atomic E-state index is 8.88. The summed E-state index contributed by atoms with van der Waals surface area (Å²) in [5.74, 6) is 0. The Hall–Kier alpha value is -0.570. The van der Waals surface area contributed by atoms with Gasteiger partial charge >= 0.3 is 0 Å². The van der Waals surface area contributed by atoms with Gasteiger partial charge in [-0.1, -0.05) is 23.8 Å². The molecule has 1 aromatic rings. The third-order valence-corrected chi connectivity index (χ3v) is 2.03. The van der Waals surface area contributed by atoms with E-state index in [1.165, 1.54) is 5.56 Å². The molecule has 0 saturated heterocycles. The van der Waals surface area contributed by atoms with Crippen LogP contribution in [0.4, 0.5) is 0 Å². The molecular formula is C10H16ClNO. The van der Waals surface area contributed by atoms with Crippen molar-refractivity contribution >= 4 is 12.4 Å². The van der Waals surface area contributed by atoms with Gasteiger partial charge in [-0.2, -0.15) is 0 Å². The molecule has 74 valence electrons. The molecule has 2 nitrogen and oxygen atoms in total. The first-order chi connectivity index (χ1) is 5.65. The smallest absolute Gasteiger partial charge is 0.0624 e. The Morgan fingerprint density at radius 3 is 2.54 bits per heavy atom. The quantitative estimate of drug-likeness (QED) is 0.766. The second-order valence-corrected chi connectivity index (χ2v) is 3.15. The van der Waals surface area contributed by atoms with Crippen LogP contribution in [0.15, 0.2) is 18.2 Å². The van der Waals surface area contributed by atoms with Crippen LogP contribution in [0.25, 0.3) is 0 Å². The van der Waals surface area contributed by atoms with Gasteiger partial charge in [0.05, 0.1) is 12.6 Å². The number of aliphatic hydroxyl groups is 1. The zero-order valence-electron chi connectivity index (χ0n) is 7.95. The van der Waals surface area contributed by atoms with Crippen LogP contribution < -0.4 is 5.73 Å². The molecule has 0 radical (unpaired) electrons. The Balaban J connectivity index is 0.00000144. The molecule has 0 aliphatic carbocycles. The van der Waals surface area contributed by atoms with Gasteiger partial charge in [-0.25, -0.2) is 0 Å². The van der Waals surface area contributed by atoms with Gasteiger partial charge in [-0.3, -0.25) is 0 Å². The van der Waals surface area contributed by atoms with Crippen LogP contribution in [0.1, 0.15) is 22.7 Å². The second kappa shape index (κ2) is 5.22. The highest BCUT2D eigenvalue weighted by Gasteiger charge is 2.06. The Kier molecular flexibility index (Phi) is 4.99. The summed E-state index contributed by atoms with van der Waals surface area (Å²) in [6.45, 7) is 4.03. The molecule has 13 heavy (non-hydrogen) atoms. The lowest BCUT2D eigenvalue weighted by atomic mass is 10.0. The molecular weight excluding hydrogens is 186 g/mol. The molecule has 0 spiro atoms. The Bertz CT molecular complexity index is 276. The number of benzene rings is 1. The van der Waals surface area contributed by atoms with Crippen LogP contribution in [-0.2, 0) is 0 Å². The Morgan fingerprint density at radius 2 is 2.00 bits per heavy atom. The largest absolute Gasteiger partial charge is 0.394 e. The number of aliphatic hydroxyl groups excluding tert-OH is 1. The molecule has 3 heteroatoms. The van der Waals surface area contributed by atoms with E-state index >= 15 is 0 Å². The maximum atomic E-state index is 8.88. The van der Waals surface area contributed by atoms with E-state index in [0.717, 1.165) is 11.1 Å². The molecule has 1 rings (SSSR count). The zero-order chi connectivity index (χ0) is 9.14.